The Labute approximate surface area is 167 Å². The van der Waals surface area contributed by atoms with Crippen LogP contribution in [0.3, 0.4) is 0 Å². The number of fused-ring (bicyclic) bond motifs is 1. The number of aryl methyl sites for hydroxylation is 2. The molecule has 0 aliphatic carbocycles. The monoisotopic (exact) mass is 400 g/mol. The molecule has 1 aromatic carbocycles. The van der Waals surface area contributed by atoms with Crippen LogP contribution in [0.4, 0.5) is 5.82 Å². The Morgan fingerprint density at radius 1 is 1.21 bits per heavy atom. The summed E-state index contributed by atoms with van der Waals surface area (Å²) in [5, 5.41) is 6.24. The minimum absolute atomic E-state index is 0.251. The molecule has 0 saturated carbocycles. The molecule has 0 bridgehead atoms. The summed E-state index contributed by atoms with van der Waals surface area (Å²) in [5.74, 6) is -0.367. The number of nitrogens with one attached hydrogen (secondary N) is 1. The number of hydrogen-bond acceptors (Lipinski definition) is 6. The highest BCUT2D eigenvalue weighted by Gasteiger charge is 2.23. The Bertz CT molecular complexity index is 1080. The molecule has 2 aromatic heterocycles. The number of hydrogen-bond donors (Lipinski definition) is 1. The van der Waals surface area contributed by atoms with Gasteiger partial charge >= 0.3 is 11.7 Å². The molecule has 1 amide bonds. The molecule has 0 aliphatic heterocycles. The minimum Gasteiger partial charge on any atom is -0.451 e. The third-order valence-electron chi connectivity index (χ3n) is 4.48. The van der Waals surface area contributed by atoms with Crippen molar-refractivity contribution in [3.63, 3.8) is 0 Å². The lowest BCUT2D eigenvalue weighted by Crippen LogP contribution is -2.34. The van der Waals surface area contributed by atoms with Crippen molar-refractivity contribution in [3.05, 3.63) is 46.6 Å². The van der Waals surface area contributed by atoms with Crippen molar-refractivity contribution in [2.45, 2.75) is 52.8 Å². The number of para-hydroxylation sites is 2. The molecule has 154 valence electrons. The zero-order valence-electron chi connectivity index (χ0n) is 16.7. The van der Waals surface area contributed by atoms with Crippen molar-refractivity contribution in [1.29, 1.82) is 0 Å². The smallest absolute Gasteiger partial charge is 0.329 e. The van der Waals surface area contributed by atoms with E-state index in [1.165, 1.54) is 4.57 Å². The molecular formula is C20H24N4O5. The van der Waals surface area contributed by atoms with Crippen molar-refractivity contribution in [2.75, 3.05) is 5.32 Å². The number of aromatic nitrogens is 3. The predicted octanol–water partition coefficient (Wildman–Crippen LogP) is 2.47. The van der Waals surface area contributed by atoms with Crippen molar-refractivity contribution in [2.24, 2.45) is 0 Å². The number of carbonyl (C=O) groups excluding carboxylic acids is 2. The normalized spacial score (nSPS) is 12.1. The summed E-state index contributed by atoms with van der Waals surface area (Å²) in [7, 11) is 0. The number of anilines is 1. The molecule has 2 heterocycles. The van der Waals surface area contributed by atoms with Gasteiger partial charge in [-0.05, 0) is 31.9 Å². The first kappa shape index (κ1) is 20.4. The van der Waals surface area contributed by atoms with Gasteiger partial charge in [-0.1, -0.05) is 31.1 Å². The SMILES string of the molecule is CCCn1c(=O)n(CC(=O)OC(CC)C(=O)Nc2cc(C)on2)c2ccccc21. The largest absolute Gasteiger partial charge is 0.451 e. The van der Waals surface area contributed by atoms with Crippen LogP contribution >= 0.6 is 0 Å². The van der Waals surface area contributed by atoms with Crippen LogP contribution in [0.5, 0.6) is 0 Å². The lowest BCUT2D eigenvalue weighted by molar-refractivity contribution is -0.155. The van der Waals surface area contributed by atoms with Crippen molar-refractivity contribution >= 4 is 28.7 Å². The van der Waals surface area contributed by atoms with Gasteiger partial charge in [0, 0.05) is 12.6 Å². The van der Waals surface area contributed by atoms with Gasteiger partial charge in [-0.3, -0.25) is 18.7 Å². The number of nitrogens with zero attached hydrogens (tertiary/aromatic N) is 3. The fourth-order valence-corrected chi connectivity index (χ4v) is 3.14. The van der Waals surface area contributed by atoms with Gasteiger partial charge in [-0.2, -0.15) is 0 Å². The van der Waals surface area contributed by atoms with Gasteiger partial charge in [0.25, 0.3) is 5.91 Å². The first-order chi connectivity index (χ1) is 13.9. The number of rotatable bonds is 8. The Morgan fingerprint density at radius 3 is 2.48 bits per heavy atom. The third-order valence-corrected chi connectivity index (χ3v) is 4.48. The van der Waals surface area contributed by atoms with E-state index in [1.54, 1.807) is 30.5 Å². The van der Waals surface area contributed by atoms with E-state index in [9.17, 15) is 14.4 Å². The average molecular weight is 400 g/mol. The topological polar surface area (TPSA) is 108 Å². The van der Waals surface area contributed by atoms with Gasteiger partial charge < -0.3 is 14.6 Å². The maximum atomic E-state index is 12.8. The zero-order chi connectivity index (χ0) is 21.0. The summed E-state index contributed by atoms with van der Waals surface area (Å²) >= 11 is 0. The Hall–Kier alpha value is -3.36. The molecule has 3 rings (SSSR count). The molecule has 29 heavy (non-hydrogen) atoms. The summed E-state index contributed by atoms with van der Waals surface area (Å²) < 4.78 is 13.3. The first-order valence-electron chi connectivity index (χ1n) is 9.56. The molecule has 0 radical (unpaired) electrons. The lowest BCUT2D eigenvalue weighted by atomic mass is 10.2. The van der Waals surface area contributed by atoms with Crippen LogP contribution < -0.4 is 11.0 Å². The van der Waals surface area contributed by atoms with E-state index < -0.39 is 18.0 Å². The van der Waals surface area contributed by atoms with Gasteiger partial charge in [-0.15, -0.1) is 0 Å². The van der Waals surface area contributed by atoms with E-state index in [2.05, 4.69) is 10.5 Å². The van der Waals surface area contributed by atoms with Crippen LogP contribution in [0.15, 0.2) is 39.6 Å². The number of benzene rings is 1. The van der Waals surface area contributed by atoms with Crippen LogP contribution in [-0.2, 0) is 27.4 Å². The van der Waals surface area contributed by atoms with Gasteiger partial charge in [0.2, 0.25) is 0 Å². The standard InChI is InChI=1S/C20H24N4O5/c1-4-10-23-14-8-6-7-9-15(14)24(20(23)27)12-18(25)28-16(5-2)19(26)21-17-11-13(3)29-22-17/h6-9,11,16H,4-5,10,12H2,1-3H3,(H,21,22,26). The summed E-state index contributed by atoms with van der Waals surface area (Å²) in [4.78, 5) is 37.6. The van der Waals surface area contributed by atoms with Crippen LogP contribution in [0.25, 0.3) is 11.0 Å². The van der Waals surface area contributed by atoms with Crippen LogP contribution in [0, 0.1) is 6.92 Å². The molecule has 0 saturated heterocycles. The highest BCUT2D eigenvalue weighted by molar-refractivity contribution is 5.94. The Morgan fingerprint density at radius 2 is 1.90 bits per heavy atom. The zero-order valence-corrected chi connectivity index (χ0v) is 16.7. The number of imidazole rings is 1. The summed E-state index contributed by atoms with van der Waals surface area (Å²) in [5.41, 5.74) is 1.14. The van der Waals surface area contributed by atoms with Crippen molar-refractivity contribution in [1.82, 2.24) is 14.3 Å². The highest BCUT2D eigenvalue weighted by atomic mass is 16.5. The fraction of sp³-hybridized carbons (Fsp3) is 0.400. The van der Waals surface area contributed by atoms with E-state index in [4.69, 9.17) is 9.26 Å². The number of carbonyl (C=O) groups is 2. The van der Waals surface area contributed by atoms with Crippen LogP contribution in [-0.4, -0.2) is 32.3 Å². The van der Waals surface area contributed by atoms with Gasteiger partial charge in [0.05, 0.1) is 11.0 Å². The van der Waals surface area contributed by atoms with Crippen molar-refractivity contribution in [3.8, 4) is 0 Å². The molecule has 9 heteroatoms. The van der Waals surface area contributed by atoms with E-state index in [1.807, 2.05) is 25.1 Å². The molecule has 3 aromatic rings. The second kappa shape index (κ2) is 8.76. The first-order valence-corrected chi connectivity index (χ1v) is 9.56. The average Bonchev–Trinajstić information content (AvgIpc) is 3.22. The van der Waals surface area contributed by atoms with Crippen molar-refractivity contribution < 1.29 is 18.8 Å². The van der Waals surface area contributed by atoms with E-state index in [-0.39, 0.29) is 24.5 Å². The molecule has 0 fully saturated rings. The predicted molar refractivity (Wildman–Crippen MR) is 107 cm³/mol. The number of esters is 1. The molecule has 9 nitrogen and oxygen atoms in total. The summed E-state index contributed by atoms with van der Waals surface area (Å²) in [6, 6.07) is 8.85. The van der Waals surface area contributed by atoms with Gasteiger partial charge in [0.15, 0.2) is 11.9 Å². The molecular weight excluding hydrogens is 376 g/mol. The maximum absolute atomic E-state index is 12.8. The molecule has 1 unspecified atom stereocenters. The Balaban J connectivity index is 1.75. The van der Waals surface area contributed by atoms with Crippen LogP contribution in [0.2, 0.25) is 0 Å². The van der Waals surface area contributed by atoms with E-state index >= 15 is 0 Å². The second-order valence-corrected chi connectivity index (χ2v) is 6.71. The summed E-state index contributed by atoms with van der Waals surface area (Å²) in [6.45, 7) is 5.69. The third kappa shape index (κ3) is 4.39. The van der Waals surface area contributed by atoms with E-state index in [0.29, 0.717) is 17.8 Å². The molecule has 1 atom stereocenters. The van der Waals surface area contributed by atoms with Gasteiger partial charge in [-0.25, -0.2) is 4.79 Å². The highest BCUT2D eigenvalue weighted by Crippen LogP contribution is 2.14. The molecule has 0 aliphatic rings. The quantitative estimate of drug-likeness (QED) is 0.582. The lowest BCUT2D eigenvalue weighted by Gasteiger charge is -2.15. The Kier molecular flexibility index (Phi) is 6.16. The van der Waals surface area contributed by atoms with Crippen LogP contribution in [0.1, 0.15) is 32.4 Å². The maximum Gasteiger partial charge on any atom is 0.329 e. The fourth-order valence-electron chi connectivity index (χ4n) is 3.14. The van der Waals surface area contributed by atoms with Gasteiger partial charge in [0.1, 0.15) is 12.3 Å². The van der Waals surface area contributed by atoms with E-state index in [0.717, 1.165) is 11.9 Å². The number of amides is 1. The molecule has 0 spiro atoms. The minimum atomic E-state index is -1.00. The second-order valence-electron chi connectivity index (χ2n) is 6.71. The molecule has 1 N–H and O–H groups in total. The number of ether oxygens (including phenoxy) is 1. The summed E-state index contributed by atoms with van der Waals surface area (Å²) in [6.07, 6.45) is 0.0676.